The highest BCUT2D eigenvalue weighted by Gasteiger charge is 2.26. The third kappa shape index (κ3) is 6.10. The molecule has 0 radical (unpaired) electrons. The molecule has 28 heavy (non-hydrogen) atoms. The van der Waals surface area contributed by atoms with Crippen LogP contribution in [0.5, 0.6) is 0 Å². The van der Waals surface area contributed by atoms with Gasteiger partial charge in [-0.15, -0.1) is 0 Å². The van der Waals surface area contributed by atoms with Crippen LogP contribution in [0.15, 0.2) is 54.6 Å². The number of carbonyl (C=O) groups excluding carboxylic acids is 2. The molecule has 2 aromatic rings. The molecule has 1 aliphatic rings. The molecule has 0 aromatic heterocycles. The predicted octanol–water partition coefficient (Wildman–Crippen LogP) is 3.87. The first-order chi connectivity index (χ1) is 13.6. The lowest BCUT2D eigenvalue weighted by Crippen LogP contribution is -2.43. The van der Waals surface area contributed by atoms with Gasteiger partial charge in [-0.3, -0.25) is 9.59 Å². The Balaban J connectivity index is 1.35. The Bertz CT molecular complexity index is 769. The summed E-state index contributed by atoms with van der Waals surface area (Å²) >= 11 is 5.88. The average Bonchev–Trinajstić information content (AvgIpc) is 2.74. The van der Waals surface area contributed by atoms with E-state index in [4.69, 9.17) is 11.6 Å². The van der Waals surface area contributed by atoms with Gasteiger partial charge in [-0.1, -0.05) is 54.1 Å². The van der Waals surface area contributed by atoms with E-state index in [1.807, 2.05) is 59.5 Å². The molecule has 148 valence electrons. The predicted molar refractivity (Wildman–Crippen MR) is 112 cm³/mol. The van der Waals surface area contributed by atoms with E-state index in [1.165, 1.54) is 5.56 Å². The number of hydrogen-bond acceptors (Lipinski definition) is 2. The van der Waals surface area contributed by atoms with Crippen molar-refractivity contribution >= 4 is 23.4 Å². The van der Waals surface area contributed by atoms with Crippen LogP contribution in [0.4, 0.5) is 0 Å². The van der Waals surface area contributed by atoms with Crippen LogP contribution in [-0.4, -0.2) is 36.3 Å². The lowest BCUT2D eigenvalue weighted by Gasteiger charge is -2.31. The van der Waals surface area contributed by atoms with E-state index in [0.717, 1.165) is 36.3 Å². The first-order valence-electron chi connectivity index (χ1n) is 9.95. The maximum atomic E-state index is 12.4. The number of rotatable bonds is 7. The number of likely N-dealkylation sites (tertiary alicyclic amines) is 1. The van der Waals surface area contributed by atoms with Gasteiger partial charge in [0.05, 0.1) is 0 Å². The zero-order valence-corrected chi connectivity index (χ0v) is 16.8. The van der Waals surface area contributed by atoms with E-state index in [1.54, 1.807) is 0 Å². The minimum absolute atomic E-state index is 0.00314. The zero-order chi connectivity index (χ0) is 19.8. The second-order valence-corrected chi connectivity index (χ2v) is 7.74. The van der Waals surface area contributed by atoms with Gasteiger partial charge in [-0.25, -0.2) is 0 Å². The Morgan fingerprint density at radius 2 is 1.57 bits per heavy atom. The largest absolute Gasteiger partial charge is 0.356 e. The van der Waals surface area contributed by atoms with Crippen molar-refractivity contribution in [3.05, 3.63) is 70.7 Å². The summed E-state index contributed by atoms with van der Waals surface area (Å²) in [6.07, 6.45) is 3.57. The molecule has 2 amide bonds. The summed E-state index contributed by atoms with van der Waals surface area (Å²) in [6, 6.07) is 17.8. The summed E-state index contributed by atoms with van der Waals surface area (Å²) in [7, 11) is 0. The van der Waals surface area contributed by atoms with E-state index < -0.39 is 0 Å². The van der Waals surface area contributed by atoms with Gasteiger partial charge in [0.25, 0.3) is 0 Å². The quantitative estimate of drug-likeness (QED) is 0.769. The number of benzene rings is 2. The van der Waals surface area contributed by atoms with Crippen molar-refractivity contribution in [3.8, 4) is 0 Å². The fourth-order valence-corrected chi connectivity index (χ4v) is 3.70. The van der Waals surface area contributed by atoms with Gasteiger partial charge < -0.3 is 10.2 Å². The van der Waals surface area contributed by atoms with Crippen molar-refractivity contribution in [1.82, 2.24) is 10.2 Å². The van der Waals surface area contributed by atoms with Crippen molar-refractivity contribution in [2.45, 2.75) is 32.1 Å². The van der Waals surface area contributed by atoms with E-state index >= 15 is 0 Å². The van der Waals surface area contributed by atoms with E-state index in [2.05, 4.69) is 5.32 Å². The number of nitrogens with zero attached hydrogens (tertiary/aromatic N) is 1. The van der Waals surface area contributed by atoms with E-state index in [-0.39, 0.29) is 17.7 Å². The van der Waals surface area contributed by atoms with Crippen LogP contribution in [0, 0.1) is 5.92 Å². The number of nitrogens with one attached hydrogen (secondary N) is 1. The number of amides is 2. The van der Waals surface area contributed by atoms with E-state index in [9.17, 15) is 9.59 Å². The second-order valence-electron chi connectivity index (χ2n) is 7.31. The van der Waals surface area contributed by atoms with Crippen LogP contribution in [0.3, 0.4) is 0 Å². The van der Waals surface area contributed by atoms with Gasteiger partial charge in [-0.2, -0.15) is 0 Å². The molecule has 0 saturated carbocycles. The minimum Gasteiger partial charge on any atom is -0.356 e. The fourth-order valence-electron chi connectivity index (χ4n) is 3.57. The topological polar surface area (TPSA) is 49.4 Å². The summed E-state index contributed by atoms with van der Waals surface area (Å²) in [4.78, 5) is 26.7. The molecule has 4 nitrogen and oxygen atoms in total. The van der Waals surface area contributed by atoms with Gasteiger partial charge >= 0.3 is 0 Å². The SMILES string of the molecule is O=C(NCCc1ccc(Cl)cc1)C1CCN(C(=O)CCc2ccccc2)CC1. The molecular formula is C23H27ClN2O2. The number of carbonyl (C=O) groups is 2. The normalized spacial score (nSPS) is 14.7. The smallest absolute Gasteiger partial charge is 0.223 e. The van der Waals surface area contributed by atoms with Crippen molar-refractivity contribution in [3.63, 3.8) is 0 Å². The highest BCUT2D eigenvalue weighted by molar-refractivity contribution is 6.30. The average molecular weight is 399 g/mol. The molecule has 0 atom stereocenters. The lowest BCUT2D eigenvalue weighted by molar-refractivity contribution is -0.135. The molecule has 1 heterocycles. The van der Waals surface area contributed by atoms with Gasteiger partial charge in [0.15, 0.2) is 0 Å². The van der Waals surface area contributed by atoms with Gasteiger partial charge in [0.2, 0.25) is 11.8 Å². The zero-order valence-electron chi connectivity index (χ0n) is 16.1. The Labute approximate surface area is 171 Å². The molecule has 1 saturated heterocycles. The summed E-state index contributed by atoms with van der Waals surface area (Å²) in [6.45, 7) is 1.96. The first kappa shape index (κ1) is 20.4. The monoisotopic (exact) mass is 398 g/mol. The van der Waals surface area contributed by atoms with Crippen molar-refractivity contribution in [2.24, 2.45) is 5.92 Å². The summed E-state index contributed by atoms with van der Waals surface area (Å²) in [5, 5.41) is 3.75. The Kier molecular flexibility index (Phi) is 7.49. The highest BCUT2D eigenvalue weighted by atomic mass is 35.5. The maximum absolute atomic E-state index is 12.4. The number of aryl methyl sites for hydroxylation is 1. The van der Waals surface area contributed by atoms with Crippen LogP contribution >= 0.6 is 11.6 Å². The molecule has 0 bridgehead atoms. The molecule has 1 fully saturated rings. The van der Waals surface area contributed by atoms with Crippen LogP contribution in [0.2, 0.25) is 5.02 Å². The molecule has 0 spiro atoms. The van der Waals surface area contributed by atoms with Gasteiger partial charge in [-0.05, 0) is 48.9 Å². The summed E-state index contributed by atoms with van der Waals surface area (Å²) < 4.78 is 0. The van der Waals surface area contributed by atoms with Crippen LogP contribution in [0.1, 0.15) is 30.4 Å². The van der Waals surface area contributed by atoms with Gasteiger partial charge in [0, 0.05) is 37.0 Å². The van der Waals surface area contributed by atoms with Crippen LogP contribution in [-0.2, 0) is 22.4 Å². The molecule has 0 aliphatic carbocycles. The molecule has 2 aromatic carbocycles. The highest BCUT2D eigenvalue weighted by Crippen LogP contribution is 2.19. The first-order valence-corrected chi connectivity index (χ1v) is 10.3. The molecule has 0 unspecified atom stereocenters. The molecule has 5 heteroatoms. The Hall–Kier alpha value is -2.33. The third-order valence-electron chi connectivity index (χ3n) is 5.31. The maximum Gasteiger partial charge on any atom is 0.223 e. The van der Waals surface area contributed by atoms with Crippen molar-refractivity contribution in [2.75, 3.05) is 19.6 Å². The number of hydrogen-bond donors (Lipinski definition) is 1. The fraction of sp³-hybridized carbons (Fsp3) is 0.391. The minimum atomic E-state index is 0.00314. The Morgan fingerprint density at radius 3 is 2.25 bits per heavy atom. The number of halogens is 1. The third-order valence-corrected chi connectivity index (χ3v) is 5.57. The van der Waals surface area contributed by atoms with Crippen LogP contribution < -0.4 is 5.32 Å². The molecular weight excluding hydrogens is 372 g/mol. The lowest BCUT2D eigenvalue weighted by atomic mass is 9.95. The van der Waals surface area contributed by atoms with Crippen LogP contribution in [0.25, 0.3) is 0 Å². The van der Waals surface area contributed by atoms with E-state index in [0.29, 0.717) is 26.1 Å². The molecule has 3 rings (SSSR count). The molecule has 1 N–H and O–H groups in total. The Morgan fingerprint density at radius 1 is 0.929 bits per heavy atom. The van der Waals surface area contributed by atoms with Gasteiger partial charge in [0.1, 0.15) is 0 Å². The van der Waals surface area contributed by atoms with Crippen molar-refractivity contribution in [1.29, 1.82) is 0 Å². The summed E-state index contributed by atoms with van der Waals surface area (Å²) in [5.41, 5.74) is 2.34. The molecule has 1 aliphatic heterocycles. The second kappa shape index (κ2) is 10.3. The number of piperidine rings is 1. The van der Waals surface area contributed by atoms with Crippen molar-refractivity contribution < 1.29 is 9.59 Å². The summed E-state index contributed by atoms with van der Waals surface area (Å²) in [5.74, 6) is 0.291. The standard InChI is InChI=1S/C23H27ClN2O2/c24-21-9-6-19(7-10-21)12-15-25-23(28)20-13-16-26(17-14-20)22(27)11-8-18-4-2-1-3-5-18/h1-7,9-10,20H,8,11-17H2,(H,25,28).